The molecule has 7 nitrogen and oxygen atoms in total. The average molecular weight is 330 g/mol. The zero-order valence-corrected chi connectivity index (χ0v) is 13.6. The van der Waals surface area contributed by atoms with Crippen molar-refractivity contribution in [3.05, 3.63) is 41.1 Å². The Bertz CT molecular complexity index is 689. The molecule has 1 saturated heterocycles. The van der Waals surface area contributed by atoms with E-state index in [1.807, 2.05) is 12.1 Å². The lowest BCUT2D eigenvalue weighted by Gasteiger charge is -2.24. The maximum Gasteiger partial charge on any atom is 0.275 e. The number of H-pyrrole nitrogens is 1. The van der Waals surface area contributed by atoms with Gasteiger partial charge in [-0.2, -0.15) is 5.10 Å². The van der Waals surface area contributed by atoms with Crippen LogP contribution in [0, 0.1) is 0 Å². The van der Waals surface area contributed by atoms with Crippen molar-refractivity contribution in [3.8, 4) is 0 Å². The zero-order valence-electron chi connectivity index (χ0n) is 13.6. The molecule has 0 spiro atoms. The highest BCUT2D eigenvalue weighted by molar-refractivity contribution is 5.94. The number of nitrogens with zero attached hydrogens (tertiary/aromatic N) is 2. The van der Waals surface area contributed by atoms with Gasteiger partial charge < -0.3 is 19.4 Å². The topological polar surface area (TPSA) is 83.4 Å². The van der Waals surface area contributed by atoms with Crippen LogP contribution in [0.15, 0.2) is 22.8 Å². The number of furan rings is 1. The molecular weight excluding hydrogens is 308 g/mol. The summed E-state index contributed by atoms with van der Waals surface area (Å²) in [5, 5.41) is 10.6. The second kappa shape index (κ2) is 6.78. The van der Waals surface area contributed by atoms with Crippen LogP contribution in [0.25, 0.3) is 0 Å². The molecule has 7 heteroatoms. The predicted octanol–water partition coefficient (Wildman–Crippen LogP) is 1.47. The van der Waals surface area contributed by atoms with Crippen LogP contribution in [0.4, 0.5) is 0 Å². The molecule has 2 aromatic heterocycles. The highest BCUT2D eigenvalue weighted by Gasteiger charge is 2.29. The number of hydrogen-bond acceptors (Lipinski definition) is 5. The summed E-state index contributed by atoms with van der Waals surface area (Å²) in [6.45, 7) is 3.36. The van der Waals surface area contributed by atoms with Crippen LogP contribution in [0.1, 0.15) is 40.3 Å². The molecule has 24 heavy (non-hydrogen) atoms. The molecule has 0 radical (unpaired) electrons. The summed E-state index contributed by atoms with van der Waals surface area (Å²) in [5.74, 6) is 0.701. The van der Waals surface area contributed by atoms with Gasteiger partial charge in [-0.25, -0.2) is 0 Å². The van der Waals surface area contributed by atoms with E-state index in [1.165, 1.54) is 0 Å². The van der Waals surface area contributed by atoms with Gasteiger partial charge >= 0.3 is 0 Å². The van der Waals surface area contributed by atoms with Crippen molar-refractivity contribution in [1.82, 2.24) is 20.4 Å². The minimum absolute atomic E-state index is 0.0666. The minimum atomic E-state index is -0.0666. The van der Waals surface area contributed by atoms with Gasteiger partial charge in [0.05, 0.1) is 18.9 Å². The van der Waals surface area contributed by atoms with Crippen LogP contribution in [-0.2, 0) is 24.2 Å². The number of carbonyl (C=O) groups excluding carboxylic acids is 1. The molecule has 2 aromatic rings. The van der Waals surface area contributed by atoms with Crippen molar-refractivity contribution >= 4 is 5.91 Å². The van der Waals surface area contributed by atoms with E-state index >= 15 is 0 Å². The molecule has 1 atom stereocenters. The lowest BCUT2D eigenvalue weighted by atomic mass is 10.1. The third-order valence-electron chi connectivity index (χ3n) is 4.67. The molecule has 0 aliphatic carbocycles. The van der Waals surface area contributed by atoms with E-state index in [9.17, 15) is 4.79 Å². The van der Waals surface area contributed by atoms with Gasteiger partial charge in [-0.05, 0) is 25.0 Å². The summed E-state index contributed by atoms with van der Waals surface area (Å²) in [6, 6.07) is 3.72. The Kier molecular flexibility index (Phi) is 4.36. The standard InChI is InChI=1S/C17H22N4O3/c22-17(16-14-9-18-6-5-15(14)19-20-16)21(10-12-3-1-7-23-12)11-13-4-2-8-24-13/h1,3,7,13,18H,2,4-6,8-11H2,(H,19,20). The van der Waals surface area contributed by atoms with Gasteiger partial charge in [0.2, 0.25) is 0 Å². The van der Waals surface area contributed by atoms with Gasteiger partial charge in [-0.15, -0.1) is 0 Å². The molecule has 0 saturated carbocycles. The van der Waals surface area contributed by atoms with Crippen LogP contribution in [-0.4, -0.2) is 46.8 Å². The summed E-state index contributed by atoms with van der Waals surface area (Å²) >= 11 is 0. The lowest BCUT2D eigenvalue weighted by molar-refractivity contribution is 0.0486. The first-order valence-corrected chi connectivity index (χ1v) is 8.51. The number of aromatic amines is 1. The summed E-state index contributed by atoms with van der Waals surface area (Å²) in [4.78, 5) is 14.9. The van der Waals surface area contributed by atoms with E-state index in [0.717, 1.165) is 49.4 Å². The molecule has 1 fully saturated rings. The number of nitrogens with one attached hydrogen (secondary N) is 2. The average Bonchev–Trinajstić information content (AvgIpc) is 3.35. The van der Waals surface area contributed by atoms with E-state index in [2.05, 4.69) is 15.5 Å². The van der Waals surface area contributed by atoms with Crippen LogP contribution >= 0.6 is 0 Å². The normalized spacial score (nSPS) is 20.1. The fourth-order valence-corrected chi connectivity index (χ4v) is 3.40. The second-order valence-electron chi connectivity index (χ2n) is 6.36. The summed E-state index contributed by atoms with van der Waals surface area (Å²) < 4.78 is 11.2. The minimum Gasteiger partial charge on any atom is -0.467 e. The number of ether oxygens (including phenoxy) is 1. The van der Waals surface area contributed by atoms with E-state index < -0.39 is 0 Å². The molecule has 4 rings (SSSR count). The number of rotatable bonds is 5. The van der Waals surface area contributed by atoms with Crippen molar-refractivity contribution in [2.75, 3.05) is 19.7 Å². The molecule has 128 valence electrons. The zero-order chi connectivity index (χ0) is 16.4. The van der Waals surface area contributed by atoms with E-state index in [-0.39, 0.29) is 12.0 Å². The number of fused-ring (bicyclic) bond motifs is 1. The van der Waals surface area contributed by atoms with E-state index in [0.29, 0.717) is 25.3 Å². The molecule has 1 amide bonds. The summed E-state index contributed by atoms with van der Waals surface area (Å²) in [7, 11) is 0. The van der Waals surface area contributed by atoms with Crippen LogP contribution in [0.2, 0.25) is 0 Å². The molecule has 1 unspecified atom stereocenters. The monoisotopic (exact) mass is 330 g/mol. The van der Waals surface area contributed by atoms with Crippen molar-refractivity contribution in [1.29, 1.82) is 0 Å². The fraction of sp³-hybridized carbons (Fsp3) is 0.529. The first-order chi connectivity index (χ1) is 11.8. The van der Waals surface area contributed by atoms with Crippen LogP contribution in [0.3, 0.4) is 0 Å². The number of carbonyl (C=O) groups is 1. The summed E-state index contributed by atoms with van der Waals surface area (Å²) in [5.41, 5.74) is 2.57. The first-order valence-electron chi connectivity index (χ1n) is 8.51. The Labute approximate surface area is 140 Å². The van der Waals surface area contributed by atoms with Crippen molar-refractivity contribution in [2.24, 2.45) is 0 Å². The Morgan fingerprint density at radius 3 is 3.21 bits per heavy atom. The van der Waals surface area contributed by atoms with Gasteiger partial charge in [-0.1, -0.05) is 0 Å². The highest BCUT2D eigenvalue weighted by atomic mass is 16.5. The fourth-order valence-electron chi connectivity index (χ4n) is 3.40. The van der Waals surface area contributed by atoms with E-state index in [1.54, 1.807) is 11.2 Å². The molecule has 2 aliphatic rings. The van der Waals surface area contributed by atoms with Gasteiger partial charge in [0.1, 0.15) is 5.76 Å². The maximum atomic E-state index is 13.1. The number of hydrogen-bond donors (Lipinski definition) is 2. The van der Waals surface area contributed by atoms with Crippen molar-refractivity contribution in [3.63, 3.8) is 0 Å². The molecule has 0 bridgehead atoms. The van der Waals surface area contributed by atoms with Crippen molar-refractivity contribution < 1.29 is 13.9 Å². The smallest absolute Gasteiger partial charge is 0.275 e. The molecule has 4 heterocycles. The van der Waals surface area contributed by atoms with Crippen molar-refractivity contribution in [2.45, 2.75) is 38.5 Å². The largest absolute Gasteiger partial charge is 0.467 e. The third kappa shape index (κ3) is 3.09. The second-order valence-corrected chi connectivity index (χ2v) is 6.36. The van der Waals surface area contributed by atoms with E-state index in [4.69, 9.17) is 9.15 Å². The van der Waals surface area contributed by atoms with Crippen LogP contribution < -0.4 is 5.32 Å². The SMILES string of the molecule is O=C(c1n[nH]c2c1CNCC2)N(Cc1ccco1)CC1CCCO1. The molecule has 2 N–H and O–H groups in total. The highest BCUT2D eigenvalue weighted by Crippen LogP contribution is 2.21. The Morgan fingerprint density at radius 1 is 1.46 bits per heavy atom. The lowest BCUT2D eigenvalue weighted by Crippen LogP contribution is -2.38. The third-order valence-corrected chi connectivity index (χ3v) is 4.67. The van der Waals surface area contributed by atoms with Gasteiger partial charge in [0.25, 0.3) is 5.91 Å². The van der Waals surface area contributed by atoms with Gasteiger partial charge in [0, 0.05) is 43.9 Å². The summed E-state index contributed by atoms with van der Waals surface area (Å²) in [6.07, 6.45) is 4.64. The number of aromatic nitrogens is 2. The number of amides is 1. The van der Waals surface area contributed by atoms with Crippen LogP contribution in [0.5, 0.6) is 0 Å². The molecular formula is C17H22N4O3. The van der Waals surface area contributed by atoms with Gasteiger partial charge in [0.15, 0.2) is 5.69 Å². The quantitative estimate of drug-likeness (QED) is 0.867. The predicted molar refractivity (Wildman–Crippen MR) is 86.4 cm³/mol. The van der Waals surface area contributed by atoms with Gasteiger partial charge in [-0.3, -0.25) is 9.89 Å². The Hall–Kier alpha value is -2.12. The first kappa shape index (κ1) is 15.4. The molecule has 2 aliphatic heterocycles. The molecule has 0 aromatic carbocycles. The maximum absolute atomic E-state index is 13.1. The Morgan fingerprint density at radius 2 is 2.42 bits per heavy atom. The Balaban J connectivity index is 1.56.